The van der Waals surface area contributed by atoms with Crippen LogP contribution in [0, 0.1) is 0 Å². The van der Waals surface area contributed by atoms with Crippen LogP contribution in [0.1, 0.15) is 0 Å². The number of benzene rings is 10. The molecule has 0 atom stereocenters. The van der Waals surface area contributed by atoms with Crippen molar-refractivity contribution in [3.63, 3.8) is 0 Å². The Balaban J connectivity index is 1.08. The molecule has 3 heterocycles. The molecule has 13 rings (SSSR count). The fraction of sp³-hybridized carbons (Fsp3) is 0. The molecule has 0 saturated carbocycles. The number of hydrogen-bond acceptors (Lipinski definition) is 5. The predicted octanol–water partition coefficient (Wildman–Crippen LogP) is 17.0. The van der Waals surface area contributed by atoms with Crippen molar-refractivity contribution >= 4 is 64.2 Å². The van der Waals surface area contributed by atoms with Gasteiger partial charge in [-0.2, -0.15) is 0 Å². The number of aromatic nitrogens is 3. The molecular formula is C61H37N3OS. The van der Waals surface area contributed by atoms with Crippen molar-refractivity contribution in [2.75, 3.05) is 0 Å². The summed E-state index contributed by atoms with van der Waals surface area (Å²) in [5.74, 6) is 1.74. The summed E-state index contributed by atoms with van der Waals surface area (Å²) in [6, 6.07) is 79.2. The van der Waals surface area contributed by atoms with Crippen LogP contribution in [0.2, 0.25) is 0 Å². The van der Waals surface area contributed by atoms with Gasteiger partial charge >= 0.3 is 0 Å². The zero-order valence-corrected chi connectivity index (χ0v) is 36.3. The largest absolute Gasteiger partial charge is 0.456 e. The van der Waals surface area contributed by atoms with E-state index in [9.17, 15) is 0 Å². The molecule has 0 fully saturated rings. The second kappa shape index (κ2) is 15.6. The summed E-state index contributed by atoms with van der Waals surface area (Å²) in [4.78, 5) is 16.4. The van der Waals surface area contributed by atoms with Crippen molar-refractivity contribution in [3.05, 3.63) is 224 Å². The summed E-state index contributed by atoms with van der Waals surface area (Å²) in [6.45, 7) is 0. The zero-order chi connectivity index (χ0) is 43.6. The molecule has 0 saturated heterocycles. The first kappa shape index (κ1) is 38.0. The van der Waals surface area contributed by atoms with Crippen molar-refractivity contribution in [2.45, 2.75) is 0 Å². The second-order valence-electron chi connectivity index (χ2n) is 16.7. The van der Waals surface area contributed by atoms with Crippen molar-refractivity contribution in [1.29, 1.82) is 0 Å². The van der Waals surface area contributed by atoms with Crippen LogP contribution in [0.4, 0.5) is 0 Å². The average molecular weight is 860 g/mol. The van der Waals surface area contributed by atoms with E-state index < -0.39 is 0 Å². The summed E-state index contributed by atoms with van der Waals surface area (Å²) >= 11 is 1.84. The number of nitrogens with zero attached hydrogens (tertiary/aromatic N) is 3. The number of furan rings is 1. The Bertz CT molecular complexity index is 3930. The van der Waals surface area contributed by atoms with Gasteiger partial charge in [0.15, 0.2) is 17.5 Å². The van der Waals surface area contributed by atoms with Crippen LogP contribution in [0.3, 0.4) is 0 Å². The van der Waals surface area contributed by atoms with Gasteiger partial charge in [0.25, 0.3) is 0 Å². The van der Waals surface area contributed by atoms with E-state index in [1.165, 1.54) is 30.9 Å². The van der Waals surface area contributed by atoms with Gasteiger partial charge in [0.1, 0.15) is 11.2 Å². The fourth-order valence-electron chi connectivity index (χ4n) is 9.62. The molecule has 0 N–H and O–H groups in total. The van der Waals surface area contributed by atoms with Crippen LogP contribution in [-0.4, -0.2) is 15.0 Å². The molecule has 13 aromatic rings. The topological polar surface area (TPSA) is 51.8 Å². The van der Waals surface area contributed by atoms with E-state index in [1.807, 2.05) is 35.6 Å². The van der Waals surface area contributed by atoms with Crippen molar-refractivity contribution in [2.24, 2.45) is 0 Å². The maximum atomic E-state index is 6.63. The zero-order valence-electron chi connectivity index (χ0n) is 35.5. The van der Waals surface area contributed by atoms with Crippen LogP contribution < -0.4 is 0 Å². The van der Waals surface area contributed by atoms with E-state index in [4.69, 9.17) is 19.4 Å². The monoisotopic (exact) mass is 859 g/mol. The molecule has 5 heteroatoms. The Morgan fingerprint density at radius 2 is 0.788 bits per heavy atom. The maximum absolute atomic E-state index is 6.63. The molecule has 10 aromatic carbocycles. The van der Waals surface area contributed by atoms with Gasteiger partial charge in [-0.05, 0) is 92.2 Å². The summed E-state index contributed by atoms with van der Waals surface area (Å²) in [7, 11) is 0. The first-order chi connectivity index (χ1) is 32.7. The number of rotatable bonds is 7. The van der Waals surface area contributed by atoms with Crippen LogP contribution in [0.5, 0.6) is 0 Å². The van der Waals surface area contributed by atoms with Gasteiger partial charge in [0, 0.05) is 53.2 Å². The summed E-state index contributed by atoms with van der Waals surface area (Å²) < 4.78 is 9.13. The number of hydrogen-bond donors (Lipinski definition) is 0. The van der Waals surface area contributed by atoms with Crippen LogP contribution in [0.25, 0.3) is 132 Å². The highest BCUT2D eigenvalue weighted by Crippen LogP contribution is 2.45. The third-order valence-corrected chi connectivity index (χ3v) is 13.9. The van der Waals surface area contributed by atoms with Crippen LogP contribution in [0.15, 0.2) is 229 Å². The fourth-order valence-corrected chi connectivity index (χ4v) is 10.9. The minimum atomic E-state index is 0.569. The average Bonchev–Trinajstić information content (AvgIpc) is 3.97. The Labute approximate surface area is 384 Å². The number of thiophene rings is 1. The van der Waals surface area contributed by atoms with Gasteiger partial charge < -0.3 is 4.42 Å². The van der Waals surface area contributed by atoms with E-state index in [1.54, 1.807) is 0 Å². The normalized spacial score (nSPS) is 11.6. The molecule has 0 aliphatic rings. The summed E-state index contributed by atoms with van der Waals surface area (Å²) in [5.41, 5.74) is 13.1. The Morgan fingerprint density at radius 1 is 0.303 bits per heavy atom. The van der Waals surface area contributed by atoms with E-state index in [2.05, 4.69) is 200 Å². The summed E-state index contributed by atoms with van der Waals surface area (Å²) in [6.07, 6.45) is 0. The minimum absolute atomic E-state index is 0.569. The lowest BCUT2D eigenvalue weighted by Crippen LogP contribution is -2.02. The van der Waals surface area contributed by atoms with E-state index >= 15 is 0 Å². The van der Waals surface area contributed by atoms with E-state index in [0.717, 1.165) is 83.1 Å². The van der Waals surface area contributed by atoms with Gasteiger partial charge in [0.2, 0.25) is 0 Å². The third kappa shape index (κ3) is 6.48. The van der Waals surface area contributed by atoms with Gasteiger partial charge in [-0.15, -0.1) is 11.3 Å². The van der Waals surface area contributed by atoms with Crippen LogP contribution >= 0.6 is 11.3 Å². The quantitative estimate of drug-likeness (QED) is 0.160. The first-order valence-electron chi connectivity index (χ1n) is 22.2. The highest BCUT2D eigenvalue weighted by molar-refractivity contribution is 7.26. The van der Waals surface area contributed by atoms with Gasteiger partial charge in [-0.25, -0.2) is 15.0 Å². The molecular weight excluding hydrogens is 823 g/mol. The number of fused-ring (bicyclic) bond motifs is 7. The molecule has 0 aliphatic heterocycles. The lowest BCUT2D eigenvalue weighted by Gasteiger charge is -2.14. The van der Waals surface area contributed by atoms with Crippen molar-refractivity contribution < 1.29 is 4.42 Å². The second-order valence-corrected chi connectivity index (χ2v) is 17.7. The molecule has 0 spiro atoms. The molecule has 3 aromatic heterocycles. The molecule has 4 nitrogen and oxygen atoms in total. The maximum Gasteiger partial charge on any atom is 0.164 e. The Hall–Kier alpha value is -8.51. The summed E-state index contributed by atoms with van der Waals surface area (Å²) in [5, 5.41) is 6.98. The van der Waals surface area contributed by atoms with E-state index in [0.29, 0.717) is 17.5 Å². The van der Waals surface area contributed by atoms with Gasteiger partial charge in [-0.1, -0.05) is 182 Å². The van der Waals surface area contributed by atoms with Crippen LogP contribution in [-0.2, 0) is 0 Å². The first-order valence-corrected chi connectivity index (χ1v) is 23.0. The lowest BCUT2D eigenvalue weighted by atomic mass is 9.95. The molecule has 0 radical (unpaired) electrons. The Kier molecular flexibility index (Phi) is 9.00. The Morgan fingerprint density at radius 3 is 1.47 bits per heavy atom. The highest BCUT2D eigenvalue weighted by Gasteiger charge is 2.23. The predicted molar refractivity (Wildman–Crippen MR) is 276 cm³/mol. The third-order valence-electron chi connectivity index (χ3n) is 12.7. The molecule has 0 bridgehead atoms. The van der Waals surface area contributed by atoms with Gasteiger partial charge in [-0.3, -0.25) is 0 Å². The molecule has 66 heavy (non-hydrogen) atoms. The minimum Gasteiger partial charge on any atom is -0.456 e. The standard InChI is InChI=1S/C61H37N3OS/c1-4-17-38(18-5-1)43-33-44(39-19-6-2-7-20-39)35-45(34-43)59-62-60(64-61(63-59)51-30-16-32-54-57(51)56-46(27-15-31-53(56)65-54)40-21-8-3-9-22-40)50-26-13-12-25-47(50)48-28-14-29-49-52-36-41-23-10-11-24-42(41)37-55(52)66-58(48)49/h1-37H. The highest BCUT2D eigenvalue weighted by atomic mass is 32.1. The molecule has 308 valence electrons. The SMILES string of the molecule is c1ccc(-c2cc(-c3ccccc3)cc(-c3nc(-c4ccccc4-c4cccc5c4sc4cc6ccccc6cc45)nc(-c4cccc5oc6cccc(-c7ccccc7)c6c45)n3)c2)cc1. The van der Waals surface area contributed by atoms with Crippen molar-refractivity contribution in [3.8, 4) is 78.7 Å². The molecule has 0 amide bonds. The van der Waals surface area contributed by atoms with E-state index in [-0.39, 0.29) is 0 Å². The lowest BCUT2D eigenvalue weighted by molar-refractivity contribution is 0.669. The smallest absolute Gasteiger partial charge is 0.164 e. The molecule has 0 unspecified atom stereocenters. The van der Waals surface area contributed by atoms with Gasteiger partial charge in [0.05, 0.1) is 0 Å². The van der Waals surface area contributed by atoms with Crippen molar-refractivity contribution in [1.82, 2.24) is 15.0 Å². The molecule has 0 aliphatic carbocycles.